The Kier molecular flexibility index (Phi) is 6.23. The van der Waals surface area contributed by atoms with Crippen LogP contribution in [0.3, 0.4) is 0 Å². The highest BCUT2D eigenvalue weighted by Gasteiger charge is 2.26. The predicted molar refractivity (Wildman–Crippen MR) is 125 cm³/mol. The zero-order chi connectivity index (χ0) is 22.7. The van der Waals surface area contributed by atoms with E-state index in [0.29, 0.717) is 5.16 Å². The summed E-state index contributed by atoms with van der Waals surface area (Å²) >= 11 is 1.16. The summed E-state index contributed by atoms with van der Waals surface area (Å²) in [5, 5.41) is 10.9. The first-order valence-electron chi connectivity index (χ1n) is 9.99. The van der Waals surface area contributed by atoms with Crippen molar-refractivity contribution in [3.8, 4) is 11.4 Å². The normalized spacial score (nSPS) is 11.8. The number of rotatable bonds is 6. The summed E-state index contributed by atoms with van der Waals surface area (Å²) in [5.74, 6) is 5.72. The highest BCUT2D eigenvalue weighted by atomic mass is 32.2. The van der Waals surface area contributed by atoms with E-state index in [1.54, 1.807) is 18.2 Å². The molecule has 3 N–H and O–H groups in total. The van der Waals surface area contributed by atoms with Crippen LogP contribution in [0.2, 0.25) is 0 Å². The van der Waals surface area contributed by atoms with Crippen LogP contribution >= 0.6 is 11.8 Å². The molecule has 1 amide bonds. The minimum Gasteiger partial charge on any atom is -0.335 e. The Morgan fingerprint density at radius 2 is 1.75 bits per heavy atom. The lowest BCUT2D eigenvalue weighted by atomic mass is 10.1. The molecule has 6 nitrogen and oxygen atoms in total. The number of amides is 1. The van der Waals surface area contributed by atoms with Crippen molar-refractivity contribution in [3.63, 3.8) is 0 Å². The van der Waals surface area contributed by atoms with Crippen molar-refractivity contribution >= 4 is 23.4 Å². The molecule has 162 valence electrons. The molecule has 0 aliphatic carbocycles. The molecule has 4 rings (SSSR count). The zero-order valence-corrected chi connectivity index (χ0v) is 18.4. The van der Waals surface area contributed by atoms with E-state index in [-0.39, 0.29) is 17.3 Å². The Morgan fingerprint density at radius 3 is 2.50 bits per heavy atom. The number of halogens is 1. The number of anilines is 1. The van der Waals surface area contributed by atoms with E-state index in [1.807, 2.05) is 62.4 Å². The first-order valence-corrected chi connectivity index (χ1v) is 10.9. The van der Waals surface area contributed by atoms with Gasteiger partial charge >= 0.3 is 0 Å². The quantitative estimate of drug-likeness (QED) is 0.325. The molecular weight excluding hydrogens is 425 g/mol. The van der Waals surface area contributed by atoms with Crippen molar-refractivity contribution in [1.82, 2.24) is 14.9 Å². The highest BCUT2D eigenvalue weighted by Crippen LogP contribution is 2.36. The molecule has 0 saturated heterocycles. The summed E-state index contributed by atoms with van der Waals surface area (Å²) in [6.45, 7) is 3.91. The van der Waals surface area contributed by atoms with E-state index in [4.69, 9.17) is 5.84 Å². The minimum atomic E-state index is -0.643. The van der Waals surface area contributed by atoms with Crippen LogP contribution in [0.4, 0.5) is 10.1 Å². The predicted octanol–water partition coefficient (Wildman–Crippen LogP) is 4.89. The number of hydrogen-bond acceptors (Lipinski definition) is 5. The zero-order valence-electron chi connectivity index (χ0n) is 17.6. The van der Waals surface area contributed by atoms with Gasteiger partial charge < -0.3 is 11.2 Å². The number of carbonyl (C=O) groups is 1. The maximum atomic E-state index is 14.2. The molecule has 1 heterocycles. The number of aryl methyl sites for hydroxylation is 2. The average Bonchev–Trinajstić information content (AvgIpc) is 3.15. The standard InChI is InChI=1S/C24H22FN5OS/c1-15-12-13-16(2)20(14-15)27-23(31)21(17-8-4-3-5-9-17)32-24-29-28-22(30(24)26)18-10-6-7-11-19(18)25/h3-14,21H,26H2,1-2H3,(H,27,31). The summed E-state index contributed by atoms with van der Waals surface area (Å²) in [6, 6.07) is 21.5. The van der Waals surface area contributed by atoms with Crippen LogP contribution in [-0.2, 0) is 4.79 Å². The van der Waals surface area contributed by atoms with Gasteiger partial charge in [-0.1, -0.05) is 66.4 Å². The van der Waals surface area contributed by atoms with Gasteiger partial charge in [0.25, 0.3) is 0 Å². The van der Waals surface area contributed by atoms with Gasteiger partial charge in [0.05, 0.1) is 5.56 Å². The van der Waals surface area contributed by atoms with Crippen molar-refractivity contribution in [3.05, 3.63) is 95.3 Å². The third-order valence-corrected chi connectivity index (χ3v) is 6.21. The Hall–Kier alpha value is -3.65. The number of thioether (sulfide) groups is 1. The van der Waals surface area contributed by atoms with E-state index >= 15 is 0 Å². The van der Waals surface area contributed by atoms with Crippen LogP contribution in [0, 0.1) is 19.7 Å². The van der Waals surface area contributed by atoms with E-state index in [2.05, 4.69) is 15.5 Å². The van der Waals surface area contributed by atoms with Crippen LogP contribution in [0.1, 0.15) is 21.9 Å². The Bertz CT molecular complexity index is 1260. The summed E-state index contributed by atoms with van der Waals surface area (Å²) < 4.78 is 15.4. The number of nitrogen functional groups attached to an aromatic ring is 1. The fourth-order valence-electron chi connectivity index (χ4n) is 3.26. The topological polar surface area (TPSA) is 85.8 Å². The van der Waals surface area contributed by atoms with Gasteiger partial charge in [-0.2, -0.15) is 0 Å². The van der Waals surface area contributed by atoms with Gasteiger partial charge in [-0.05, 0) is 48.7 Å². The number of nitrogens with zero attached hydrogens (tertiary/aromatic N) is 3. The Balaban J connectivity index is 1.66. The van der Waals surface area contributed by atoms with Gasteiger partial charge in [0.15, 0.2) is 5.82 Å². The molecule has 0 bridgehead atoms. The smallest absolute Gasteiger partial charge is 0.242 e. The van der Waals surface area contributed by atoms with Gasteiger partial charge in [0.2, 0.25) is 11.1 Å². The first-order chi connectivity index (χ1) is 15.4. The molecule has 0 radical (unpaired) electrons. The van der Waals surface area contributed by atoms with E-state index < -0.39 is 11.1 Å². The molecule has 1 aromatic heterocycles. The lowest BCUT2D eigenvalue weighted by molar-refractivity contribution is -0.115. The number of hydrogen-bond donors (Lipinski definition) is 2. The van der Waals surface area contributed by atoms with Gasteiger partial charge in [-0.3, -0.25) is 4.79 Å². The van der Waals surface area contributed by atoms with Crippen LogP contribution in [0.15, 0.2) is 78.0 Å². The Morgan fingerprint density at radius 1 is 1.03 bits per heavy atom. The van der Waals surface area contributed by atoms with Gasteiger partial charge in [-0.25, -0.2) is 9.07 Å². The lowest BCUT2D eigenvalue weighted by Gasteiger charge is -2.17. The van der Waals surface area contributed by atoms with Crippen molar-refractivity contribution in [2.45, 2.75) is 24.3 Å². The maximum absolute atomic E-state index is 14.2. The van der Waals surface area contributed by atoms with E-state index in [0.717, 1.165) is 34.1 Å². The SMILES string of the molecule is Cc1ccc(C)c(NC(=O)C(Sc2nnc(-c3ccccc3F)n2N)c2ccccc2)c1. The molecule has 3 aromatic carbocycles. The second kappa shape index (κ2) is 9.23. The molecule has 0 fully saturated rings. The largest absolute Gasteiger partial charge is 0.335 e. The number of nitrogens with two attached hydrogens (primary N) is 1. The minimum absolute atomic E-state index is 0.187. The maximum Gasteiger partial charge on any atom is 0.242 e. The van der Waals surface area contributed by atoms with Crippen LogP contribution in [0.5, 0.6) is 0 Å². The molecule has 1 atom stereocenters. The fraction of sp³-hybridized carbons (Fsp3) is 0.125. The fourth-order valence-corrected chi connectivity index (χ4v) is 4.22. The summed E-state index contributed by atoms with van der Waals surface area (Å²) in [6.07, 6.45) is 0. The Labute approximate surface area is 189 Å². The molecule has 0 aliphatic rings. The third-order valence-electron chi connectivity index (χ3n) is 4.99. The molecule has 0 spiro atoms. The van der Waals surface area contributed by atoms with E-state index in [1.165, 1.54) is 10.7 Å². The van der Waals surface area contributed by atoms with Gasteiger partial charge in [-0.15, -0.1) is 10.2 Å². The summed E-state index contributed by atoms with van der Waals surface area (Å²) in [4.78, 5) is 13.3. The van der Waals surface area contributed by atoms with Crippen LogP contribution in [-0.4, -0.2) is 20.8 Å². The molecule has 32 heavy (non-hydrogen) atoms. The van der Waals surface area contributed by atoms with E-state index in [9.17, 15) is 9.18 Å². The highest BCUT2D eigenvalue weighted by molar-refractivity contribution is 8.00. The number of nitrogens with one attached hydrogen (secondary N) is 1. The van der Waals surface area contributed by atoms with Crippen molar-refractivity contribution in [2.75, 3.05) is 11.2 Å². The van der Waals surface area contributed by atoms with Crippen LogP contribution in [0.25, 0.3) is 11.4 Å². The summed E-state index contributed by atoms with van der Waals surface area (Å²) in [7, 11) is 0. The summed E-state index contributed by atoms with van der Waals surface area (Å²) in [5.41, 5.74) is 3.79. The van der Waals surface area contributed by atoms with Crippen molar-refractivity contribution in [2.24, 2.45) is 0 Å². The van der Waals surface area contributed by atoms with Crippen LogP contribution < -0.4 is 11.2 Å². The molecule has 1 unspecified atom stereocenters. The number of carbonyl (C=O) groups excluding carboxylic acids is 1. The number of aromatic nitrogens is 3. The monoisotopic (exact) mass is 447 g/mol. The van der Waals surface area contributed by atoms with Gasteiger partial charge in [0, 0.05) is 5.69 Å². The lowest BCUT2D eigenvalue weighted by Crippen LogP contribution is -2.21. The average molecular weight is 448 g/mol. The molecule has 8 heteroatoms. The second-order valence-corrected chi connectivity index (χ2v) is 8.44. The van der Waals surface area contributed by atoms with Gasteiger partial charge in [0.1, 0.15) is 11.1 Å². The molecule has 0 saturated carbocycles. The van der Waals surface area contributed by atoms with Crippen molar-refractivity contribution in [1.29, 1.82) is 0 Å². The third kappa shape index (κ3) is 4.50. The van der Waals surface area contributed by atoms with Crippen molar-refractivity contribution < 1.29 is 9.18 Å². The molecule has 4 aromatic rings. The number of benzene rings is 3. The second-order valence-electron chi connectivity index (χ2n) is 7.37. The molecular formula is C24H22FN5OS. The first kappa shape index (κ1) is 21.6. The molecule has 0 aliphatic heterocycles.